The molecule has 1 saturated heterocycles. The number of hydrogen-bond acceptors (Lipinski definition) is 4. The number of nitrogens with zero attached hydrogens (tertiary/aromatic N) is 4. The van der Waals surface area contributed by atoms with E-state index in [0.717, 1.165) is 50.9 Å². The van der Waals surface area contributed by atoms with Gasteiger partial charge in [0, 0.05) is 57.1 Å². The van der Waals surface area contributed by atoms with Crippen LogP contribution in [-0.4, -0.2) is 82.3 Å². The number of likely N-dealkylation sites (N-methyl/N-ethyl adjacent to an activating group) is 1. The molecule has 0 saturated carbocycles. The average molecular weight is 482 g/mol. The first-order valence-electron chi connectivity index (χ1n) is 8.33. The predicted molar refractivity (Wildman–Crippen MR) is 117 cm³/mol. The van der Waals surface area contributed by atoms with Crippen LogP contribution in [0.4, 0.5) is 5.69 Å². The highest BCUT2D eigenvalue weighted by Gasteiger charge is 2.18. The number of piperazine rings is 1. The molecule has 2 rings (SSSR count). The smallest absolute Gasteiger partial charge is 0.191 e. The molecule has 0 atom stereocenters. The Morgan fingerprint density at radius 2 is 1.84 bits per heavy atom. The number of halogens is 2. The molecule has 142 valence electrons. The minimum atomic E-state index is 0. The monoisotopic (exact) mass is 481 g/mol. The molecule has 0 radical (unpaired) electrons. The first kappa shape index (κ1) is 22.3. The molecule has 0 unspecified atom stereocenters. The normalized spacial score (nSPS) is 15.4. The fraction of sp³-hybridized carbons (Fsp3) is 0.588. The minimum absolute atomic E-state index is 0. The fourth-order valence-electron chi connectivity index (χ4n) is 2.64. The van der Waals surface area contributed by atoms with Crippen molar-refractivity contribution in [3.8, 4) is 0 Å². The van der Waals surface area contributed by atoms with E-state index in [4.69, 9.17) is 22.1 Å². The van der Waals surface area contributed by atoms with Gasteiger partial charge in [-0.15, -0.1) is 24.0 Å². The lowest BCUT2D eigenvalue weighted by molar-refractivity contribution is 0.163. The molecule has 0 aromatic heterocycles. The summed E-state index contributed by atoms with van der Waals surface area (Å²) in [5, 5.41) is 0.768. The average Bonchev–Trinajstić information content (AvgIpc) is 2.60. The maximum absolute atomic E-state index is 6.14. The van der Waals surface area contributed by atoms with Crippen molar-refractivity contribution in [2.45, 2.75) is 0 Å². The molecule has 1 heterocycles. The van der Waals surface area contributed by atoms with E-state index in [1.165, 1.54) is 5.69 Å². The van der Waals surface area contributed by atoms with Gasteiger partial charge in [0.25, 0.3) is 0 Å². The maximum atomic E-state index is 6.14. The zero-order valence-electron chi connectivity index (χ0n) is 15.0. The number of benzene rings is 1. The minimum Gasteiger partial charge on any atom is -0.383 e. The van der Waals surface area contributed by atoms with Gasteiger partial charge in [-0.05, 0) is 31.3 Å². The zero-order valence-corrected chi connectivity index (χ0v) is 18.1. The van der Waals surface area contributed by atoms with Crippen molar-refractivity contribution in [3.05, 3.63) is 29.3 Å². The van der Waals surface area contributed by atoms with Gasteiger partial charge < -0.3 is 25.2 Å². The molecule has 6 nitrogen and oxygen atoms in total. The van der Waals surface area contributed by atoms with E-state index in [-0.39, 0.29) is 24.0 Å². The molecule has 1 aliphatic rings. The predicted octanol–water partition coefficient (Wildman–Crippen LogP) is 1.97. The summed E-state index contributed by atoms with van der Waals surface area (Å²) < 4.78 is 5.07. The van der Waals surface area contributed by atoms with Gasteiger partial charge in [0.05, 0.1) is 13.2 Å². The molecule has 8 heteroatoms. The lowest BCUT2D eigenvalue weighted by Crippen LogP contribution is -2.51. The van der Waals surface area contributed by atoms with Crippen molar-refractivity contribution in [2.75, 3.05) is 71.5 Å². The van der Waals surface area contributed by atoms with Crippen LogP contribution in [0.1, 0.15) is 0 Å². The number of methoxy groups -OCH3 is 1. The summed E-state index contributed by atoms with van der Waals surface area (Å²) in [5.41, 5.74) is 7.34. The number of guanidine groups is 1. The van der Waals surface area contributed by atoms with Crippen LogP contribution in [0.5, 0.6) is 0 Å². The Balaban J connectivity index is 0.00000312. The molecule has 25 heavy (non-hydrogen) atoms. The number of aliphatic imine (C=N–C) groups is 1. The van der Waals surface area contributed by atoms with E-state index >= 15 is 0 Å². The number of anilines is 1. The fourth-order valence-corrected chi connectivity index (χ4v) is 2.77. The van der Waals surface area contributed by atoms with Gasteiger partial charge in [-0.25, -0.2) is 0 Å². The summed E-state index contributed by atoms with van der Waals surface area (Å²) in [6.07, 6.45) is 0. The second-order valence-corrected chi connectivity index (χ2v) is 6.42. The Kier molecular flexibility index (Phi) is 10.5. The Labute approximate surface area is 173 Å². The summed E-state index contributed by atoms with van der Waals surface area (Å²) >= 11 is 5.94. The summed E-state index contributed by atoms with van der Waals surface area (Å²) in [6, 6.07) is 7.98. The van der Waals surface area contributed by atoms with Gasteiger partial charge in [0.15, 0.2) is 5.96 Å². The number of rotatable bonds is 7. The molecule has 1 aromatic carbocycles. The van der Waals surface area contributed by atoms with Crippen molar-refractivity contribution in [1.82, 2.24) is 9.80 Å². The third-order valence-electron chi connectivity index (χ3n) is 4.23. The second kappa shape index (κ2) is 11.8. The molecule has 0 amide bonds. The first-order chi connectivity index (χ1) is 11.6. The van der Waals surface area contributed by atoms with Gasteiger partial charge in [0.1, 0.15) is 0 Å². The van der Waals surface area contributed by atoms with Crippen LogP contribution in [0.3, 0.4) is 0 Å². The van der Waals surface area contributed by atoms with E-state index in [1.807, 2.05) is 12.1 Å². The first-order valence-corrected chi connectivity index (χ1v) is 8.71. The Hall–Kier alpha value is -0.770. The van der Waals surface area contributed by atoms with Gasteiger partial charge in [0.2, 0.25) is 0 Å². The summed E-state index contributed by atoms with van der Waals surface area (Å²) in [4.78, 5) is 11.2. The van der Waals surface area contributed by atoms with Crippen LogP contribution < -0.4 is 10.6 Å². The maximum Gasteiger partial charge on any atom is 0.191 e. The molecule has 0 bridgehead atoms. The highest BCUT2D eigenvalue weighted by molar-refractivity contribution is 14.0. The molecule has 0 aliphatic carbocycles. The van der Waals surface area contributed by atoms with E-state index in [0.29, 0.717) is 12.5 Å². The molecule has 2 N–H and O–H groups in total. The van der Waals surface area contributed by atoms with Crippen LogP contribution in [0.15, 0.2) is 29.3 Å². The van der Waals surface area contributed by atoms with Gasteiger partial charge in [-0.1, -0.05) is 11.6 Å². The van der Waals surface area contributed by atoms with Crippen molar-refractivity contribution >= 4 is 47.2 Å². The summed E-state index contributed by atoms with van der Waals surface area (Å²) in [6.45, 7) is 6.89. The van der Waals surface area contributed by atoms with E-state index in [2.05, 4.69) is 38.9 Å². The van der Waals surface area contributed by atoms with Gasteiger partial charge >= 0.3 is 0 Å². The standard InChI is InChI=1S/C17H28ClN5O.HI/c1-21(13-14-24-2)8-7-20-17(19)23-11-9-22(10-12-23)16-5-3-15(18)4-6-16;/h3-6H,7-14H2,1-2H3,(H2,19,20);1H. The highest BCUT2D eigenvalue weighted by atomic mass is 127. The molecular formula is C17H29ClIN5O. The van der Waals surface area contributed by atoms with Crippen molar-refractivity contribution < 1.29 is 4.74 Å². The highest BCUT2D eigenvalue weighted by Crippen LogP contribution is 2.19. The number of ether oxygens (including phenoxy) is 1. The largest absolute Gasteiger partial charge is 0.383 e. The molecule has 0 spiro atoms. The second-order valence-electron chi connectivity index (χ2n) is 5.99. The quantitative estimate of drug-likeness (QED) is 0.367. The van der Waals surface area contributed by atoms with Gasteiger partial charge in [-0.3, -0.25) is 4.99 Å². The number of hydrogen-bond donors (Lipinski definition) is 1. The topological polar surface area (TPSA) is 57.3 Å². The van der Waals surface area contributed by atoms with E-state index in [1.54, 1.807) is 7.11 Å². The van der Waals surface area contributed by atoms with Crippen molar-refractivity contribution in [1.29, 1.82) is 0 Å². The van der Waals surface area contributed by atoms with Crippen molar-refractivity contribution in [2.24, 2.45) is 10.7 Å². The van der Waals surface area contributed by atoms with Gasteiger partial charge in [-0.2, -0.15) is 0 Å². The lowest BCUT2D eigenvalue weighted by Gasteiger charge is -2.36. The van der Waals surface area contributed by atoms with Crippen LogP contribution in [0, 0.1) is 0 Å². The molecule has 1 aliphatic heterocycles. The van der Waals surface area contributed by atoms with Crippen LogP contribution >= 0.6 is 35.6 Å². The summed E-state index contributed by atoms with van der Waals surface area (Å²) in [5.74, 6) is 0.644. The molecule has 1 fully saturated rings. The van der Waals surface area contributed by atoms with E-state index in [9.17, 15) is 0 Å². The third-order valence-corrected chi connectivity index (χ3v) is 4.48. The number of nitrogens with two attached hydrogens (primary N) is 1. The Bertz CT molecular complexity index is 520. The zero-order chi connectivity index (χ0) is 17.4. The third kappa shape index (κ3) is 7.55. The SMILES string of the molecule is COCCN(C)CCN=C(N)N1CCN(c2ccc(Cl)cc2)CC1.I. The summed E-state index contributed by atoms with van der Waals surface area (Å²) in [7, 11) is 3.78. The lowest BCUT2D eigenvalue weighted by atomic mass is 10.2. The van der Waals surface area contributed by atoms with Crippen LogP contribution in [0.25, 0.3) is 0 Å². The molecular weight excluding hydrogens is 453 g/mol. The van der Waals surface area contributed by atoms with Crippen molar-refractivity contribution in [3.63, 3.8) is 0 Å². The Morgan fingerprint density at radius 1 is 1.20 bits per heavy atom. The molecule has 1 aromatic rings. The van der Waals surface area contributed by atoms with Crippen LogP contribution in [-0.2, 0) is 4.74 Å². The Morgan fingerprint density at radius 3 is 2.44 bits per heavy atom. The van der Waals surface area contributed by atoms with Crippen LogP contribution in [0.2, 0.25) is 5.02 Å². The van der Waals surface area contributed by atoms with E-state index < -0.39 is 0 Å².